The van der Waals surface area contributed by atoms with Crippen LogP contribution in [0, 0.1) is 12.7 Å². The summed E-state index contributed by atoms with van der Waals surface area (Å²) in [4.78, 5) is 22.2. The molecule has 9 heteroatoms. The van der Waals surface area contributed by atoms with Crippen LogP contribution >= 0.6 is 22.9 Å². The topological polar surface area (TPSA) is 62.5 Å². The zero-order chi connectivity index (χ0) is 23.5. The molecule has 0 spiro atoms. The van der Waals surface area contributed by atoms with Crippen LogP contribution < -0.4 is 4.90 Å². The molecule has 2 aromatic heterocycles. The van der Waals surface area contributed by atoms with Crippen LogP contribution in [0.4, 0.5) is 9.52 Å². The summed E-state index contributed by atoms with van der Waals surface area (Å²) in [5, 5.41) is 5.03. The Morgan fingerprint density at radius 2 is 1.88 bits per heavy atom. The molecule has 2 aromatic carbocycles. The molecule has 0 atom stereocenters. The van der Waals surface area contributed by atoms with Crippen LogP contribution in [-0.2, 0) is 0 Å². The number of aryl methyl sites for hydroxylation is 1. The van der Waals surface area contributed by atoms with Gasteiger partial charge in [0.2, 0.25) is 0 Å². The summed E-state index contributed by atoms with van der Waals surface area (Å²) in [5.74, 6) is -0.339. The Kier molecular flexibility index (Phi) is 7.07. The first-order valence-electron chi connectivity index (χ1n) is 10.7. The lowest BCUT2D eigenvalue weighted by molar-refractivity contribution is 0.0983. The SMILES string of the molecule is CCN(CC)CCN(C(=O)c1c(-c2ccccc2Cl)noc1C)c1nc2c(F)cccc2s1. The van der Waals surface area contributed by atoms with E-state index >= 15 is 0 Å². The van der Waals surface area contributed by atoms with Crippen molar-refractivity contribution < 1.29 is 13.7 Å². The Hall–Kier alpha value is -2.81. The van der Waals surface area contributed by atoms with Gasteiger partial charge in [-0.25, -0.2) is 9.37 Å². The third-order valence-corrected chi connectivity index (χ3v) is 6.95. The smallest absolute Gasteiger partial charge is 0.266 e. The van der Waals surface area contributed by atoms with Gasteiger partial charge in [-0.3, -0.25) is 9.69 Å². The van der Waals surface area contributed by atoms with Crippen molar-refractivity contribution >= 4 is 44.2 Å². The molecule has 0 bridgehead atoms. The molecule has 2 heterocycles. The monoisotopic (exact) mass is 486 g/mol. The highest BCUT2D eigenvalue weighted by molar-refractivity contribution is 7.22. The van der Waals surface area contributed by atoms with Crippen LogP contribution in [0.2, 0.25) is 5.02 Å². The lowest BCUT2D eigenvalue weighted by Gasteiger charge is -2.24. The summed E-state index contributed by atoms with van der Waals surface area (Å²) >= 11 is 7.67. The van der Waals surface area contributed by atoms with E-state index < -0.39 is 5.82 Å². The molecule has 33 heavy (non-hydrogen) atoms. The molecule has 4 aromatic rings. The van der Waals surface area contributed by atoms with E-state index in [1.807, 2.05) is 12.1 Å². The maximum absolute atomic E-state index is 14.3. The molecule has 0 aliphatic heterocycles. The number of halogens is 2. The number of aromatic nitrogens is 2. The lowest BCUT2D eigenvalue weighted by atomic mass is 10.1. The van der Waals surface area contributed by atoms with Gasteiger partial charge >= 0.3 is 0 Å². The van der Waals surface area contributed by atoms with E-state index in [-0.39, 0.29) is 11.4 Å². The third-order valence-electron chi connectivity index (χ3n) is 5.57. The Morgan fingerprint density at radius 3 is 2.58 bits per heavy atom. The maximum Gasteiger partial charge on any atom is 0.266 e. The molecule has 0 aliphatic rings. The Labute approximate surface area is 200 Å². The van der Waals surface area contributed by atoms with E-state index in [0.29, 0.717) is 50.5 Å². The standard InChI is InChI=1S/C24H24ClFN4O2S/c1-4-29(5-2)13-14-30(24-27-22-18(26)11-8-12-19(22)33-24)23(31)20-15(3)32-28-21(20)16-9-6-7-10-17(16)25/h6-12H,4-5,13-14H2,1-3H3. The molecule has 0 fully saturated rings. The highest BCUT2D eigenvalue weighted by atomic mass is 35.5. The number of nitrogens with zero attached hydrogens (tertiary/aromatic N) is 4. The van der Waals surface area contributed by atoms with Crippen molar-refractivity contribution in [3.63, 3.8) is 0 Å². The molecule has 0 saturated heterocycles. The number of hydrogen-bond donors (Lipinski definition) is 0. The normalized spacial score (nSPS) is 11.5. The minimum atomic E-state index is -0.413. The van der Waals surface area contributed by atoms with Crippen molar-refractivity contribution in [2.45, 2.75) is 20.8 Å². The largest absolute Gasteiger partial charge is 0.360 e. The zero-order valence-corrected chi connectivity index (χ0v) is 20.2. The molecule has 6 nitrogen and oxygen atoms in total. The summed E-state index contributed by atoms with van der Waals surface area (Å²) in [6.07, 6.45) is 0. The number of likely N-dealkylation sites (N-methyl/N-ethyl adjacent to an activating group) is 1. The predicted octanol–water partition coefficient (Wildman–Crippen LogP) is 6.04. The van der Waals surface area contributed by atoms with Crippen molar-refractivity contribution in [2.24, 2.45) is 0 Å². The second-order valence-electron chi connectivity index (χ2n) is 7.51. The Balaban J connectivity index is 1.79. The van der Waals surface area contributed by atoms with Crippen molar-refractivity contribution in [1.82, 2.24) is 15.0 Å². The average molecular weight is 487 g/mol. The first-order chi connectivity index (χ1) is 15.9. The van der Waals surface area contributed by atoms with Crippen molar-refractivity contribution in [2.75, 3.05) is 31.1 Å². The van der Waals surface area contributed by atoms with Gasteiger partial charge in [-0.1, -0.05) is 66.2 Å². The first kappa shape index (κ1) is 23.4. The number of thiazole rings is 1. The number of rotatable bonds is 8. The van der Waals surface area contributed by atoms with Crippen LogP contribution in [0.1, 0.15) is 30.0 Å². The molecule has 0 aliphatic carbocycles. The minimum Gasteiger partial charge on any atom is -0.360 e. The number of anilines is 1. The van der Waals surface area contributed by atoms with Gasteiger partial charge < -0.3 is 9.42 Å². The molecule has 0 N–H and O–H groups in total. The quantitative estimate of drug-likeness (QED) is 0.304. The van der Waals surface area contributed by atoms with Gasteiger partial charge in [0.25, 0.3) is 5.91 Å². The van der Waals surface area contributed by atoms with E-state index in [4.69, 9.17) is 16.1 Å². The molecular formula is C24H24ClFN4O2S. The van der Waals surface area contributed by atoms with E-state index in [1.165, 1.54) is 17.4 Å². The fourth-order valence-corrected chi connectivity index (χ4v) is 4.91. The summed E-state index contributed by atoms with van der Waals surface area (Å²) in [5.41, 5.74) is 1.57. The second-order valence-corrected chi connectivity index (χ2v) is 8.93. The molecule has 1 amide bonds. The maximum atomic E-state index is 14.3. The van der Waals surface area contributed by atoms with Gasteiger partial charge in [0, 0.05) is 18.7 Å². The van der Waals surface area contributed by atoms with Crippen LogP contribution in [-0.4, -0.2) is 47.1 Å². The molecule has 4 rings (SSSR count). The van der Waals surface area contributed by atoms with Crippen molar-refractivity contribution in [1.29, 1.82) is 0 Å². The highest BCUT2D eigenvalue weighted by Gasteiger charge is 2.30. The zero-order valence-electron chi connectivity index (χ0n) is 18.6. The average Bonchev–Trinajstić information content (AvgIpc) is 3.41. The van der Waals surface area contributed by atoms with E-state index in [0.717, 1.165) is 13.1 Å². The van der Waals surface area contributed by atoms with Crippen molar-refractivity contribution in [3.8, 4) is 11.3 Å². The van der Waals surface area contributed by atoms with Crippen LogP contribution in [0.3, 0.4) is 0 Å². The van der Waals surface area contributed by atoms with Crippen molar-refractivity contribution in [3.05, 3.63) is 64.6 Å². The number of carbonyl (C=O) groups is 1. The van der Waals surface area contributed by atoms with Gasteiger partial charge in [-0.05, 0) is 38.2 Å². The number of carbonyl (C=O) groups excluding carboxylic acids is 1. The van der Waals surface area contributed by atoms with Crippen LogP contribution in [0.25, 0.3) is 21.5 Å². The predicted molar refractivity (Wildman–Crippen MR) is 131 cm³/mol. The molecule has 0 radical (unpaired) electrons. The Morgan fingerprint density at radius 1 is 1.12 bits per heavy atom. The fraction of sp³-hybridized carbons (Fsp3) is 0.292. The van der Waals surface area contributed by atoms with E-state index in [1.54, 1.807) is 36.1 Å². The van der Waals surface area contributed by atoms with E-state index in [2.05, 4.69) is 28.9 Å². The van der Waals surface area contributed by atoms with Gasteiger partial charge in [0.15, 0.2) is 5.13 Å². The summed E-state index contributed by atoms with van der Waals surface area (Å²) in [7, 11) is 0. The Bertz CT molecular complexity index is 1280. The van der Waals surface area contributed by atoms with Crippen LogP contribution in [0.15, 0.2) is 47.0 Å². The third kappa shape index (κ3) is 4.64. The molecule has 0 saturated carbocycles. The summed E-state index contributed by atoms with van der Waals surface area (Å²) in [6, 6.07) is 12.0. The fourth-order valence-electron chi connectivity index (χ4n) is 3.68. The lowest BCUT2D eigenvalue weighted by Crippen LogP contribution is -2.39. The number of hydrogen-bond acceptors (Lipinski definition) is 6. The van der Waals surface area contributed by atoms with Gasteiger partial charge in [-0.2, -0.15) is 0 Å². The van der Waals surface area contributed by atoms with Crippen LogP contribution in [0.5, 0.6) is 0 Å². The highest BCUT2D eigenvalue weighted by Crippen LogP contribution is 2.35. The van der Waals surface area contributed by atoms with Gasteiger partial charge in [-0.15, -0.1) is 0 Å². The number of para-hydroxylation sites is 1. The minimum absolute atomic E-state index is 0.256. The molecule has 172 valence electrons. The number of fused-ring (bicyclic) bond motifs is 1. The molecule has 0 unspecified atom stereocenters. The van der Waals surface area contributed by atoms with E-state index in [9.17, 15) is 9.18 Å². The molecular weight excluding hydrogens is 463 g/mol. The van der Waals surface area contributed by atoms with Gasteiger partial charge in [0.1, 0.15) is 28.4 Å². The van der Waals surface area contributed by atoms with Gasteiger partial charge in [0.05, 0.1) is 9.72 Å². The summed E-state index contributed by atoms with van der Waals surface area (Å²) in [6.45, 7) is 8.57. The number of benzene rings is 2. The number of amides is 1. The second kappa shape index (κ2) is 9.99. The first-order valence-corrected chi connectivity index (χ1v) is 11.9. The summed E-state index contributed by atoms with van der Waals surface area (Å²) < 4.78 is 20.4.